The molecule has 0 bridgehead atoms. The smallest absolute Gasteiger partial charge is 0.258 e. The van der Waals surface area contributed by atoms with Crippen LogP contribution in [0.5, 0.6) is 0 Å². The van der Waals surface area contributed by atoms with Gasteiger partial charge in [0.1, 0.15) is 0 Å². The highest BCUT2D eigenvalue weighted by Crippen LogP contribution is 2.27. The van der Waals surface area contributed by atoms with E-state index in [-0.39, 0.29) is 5.91 Å². The minimum atomic E-state index is -0.940. The van der Waals surface area contributed by atoms with Crippen LogP contribution in [0.2, 0.25) is 0 Å². The van der Waals surface area contributed by atoms with Crippen LogP contribution in [-0.4, -0.2) is 15.9 Å². The number of benzene rings is 2. The summed E-state index contributed by atoms with van der Waals surface area (Å²) in [4.78, 5) is 21.1. The molecule has 0 aliphatic rings. The molecule has 1 N–H and O–H groups in total. The Morgan fingerprint density at radius 1 is 1.04 bits per heavy atom. The zero-order chi connectivity index (χ0) is 18.1. The van der Waals surface area contributed by atoms with Gasteiger partial charge in [-0.25, -0.2) is 13.8 Å². The molecule has 7 heteroatoms. The average molecular weight is 367 g/mol. The molecule has 0 saturated carbocycles. The summed E-state index contributed by atoms with van der Waals surface area (Å²) in [6, 6.07) is 12.6. The van der Waals surface area contributed by atoms with E-state index in [0.717, 1.165) is 23.0 Å². The number of fused-ring (bicyclic) bond motifs is 1. The molecule has 1 amide bonds. The lowest BCUT2D eigenvalue weighted by atomic mass is 10.1. The molecular formula is C19H11F2N3OS. The molecule has 26 heavy (non-hydrogen) atoms. The Bertz CT molecular complexity index is 1120. The second-order valence-corrected chi connectivity index (χ2v) is 6.35. The van der Waals surface area contributed by atoms with Gasteiger partial charge in [-0.1, -0.05) is 18.2 Å². The number of hydrogen-bond donors (Lipinski definition) is 1. The third kappa shape index (κ3) is 3.04. The van der Waals surface area contributed by atoms with E-state index >= 15 is 0 Å². The predicted molar refractivity (Wildman–Crippen MR) is 97.2 cm³/mol. The van der Waals surface area contributed by atoms with Crippen LogP contribution in [0, 0.1) is 11.6 Å². The number of aromatic nitrogens is 2. The van der Waals surface area contributed by atoms with E-state index in [1.165, 1.54) is 17.4 Å². The Balaban J connectivity index is 1.60. The van der Waals surface area contributed by atoms with E-state index in [2.05, 4.69) is 15.3 Å². The summed E-state index contributed by atoms with van der Waals surface area (Å²) in [5, 5.41) is 5.52. The summed E-state index contributed by atoms with van der Waals surface area (Å²) in [6.07, 6.45) is 1.58. The molecule has 0 aliphatic heterocycles. The number of carbonyl (C=O) groups is 1. The van der Waals surface area contributed by atoms with Gasteiger partial charge < -0.3 is 0 Å². The first kappa shape index (κ1) is 16.3. The van der Waals surface area contributed by atoms with Crippen molar-refractivity contribution in [2.45, 2.75) is 0 Å². The minimum Gasteiger partial charge on any atom is -0.298 e. The number of nitrogens with one attached hydrogen (secondary N) is 1. The number of carbonyl (C=O) groups excluding carboxylic acids is 1. The first-order valence-electron chi connectivity index (χ1n) is 7.68. The second kappa shape index (κ2) is 6.61. The number of hydrogen-bond acceptors (Lipinski definition) is 4. The van der Waals surface area contributed by atoms with Crippen molar-refractivity contribution < 1.29 is 13.6 Å². The fraction of sp³-hybridized carbons (Fsp3) is 0. The van der Waals surface area contributed by atoms with Crippen molar-refractivity contribution in [2.75, 3.05) is 5.32 Å². The third-order valence-electron chi connectivity index (χ3n) is 3.83. The number of nitrogens with zero attached hydrogens (tertiary/aromatic N) is 2. The van der Waals surface area contributed by atoms with Crippen molar-refractivity contribution in [1.82, 2.24) is 9.97 Å². The Kier molecular flexibility index (Phi) is 4.14. The van der Waals surface area contributed by atoms with E-state index in [1.54, 1.807) is 17.6 Å². The monoisotopic (exact) mass is 367 g/mol. The molecule has 0 aliphatic carbocycles. The Morgan fingerprint density at radius 2 is 1.88 bits per heavy atom. The maximum Gasteiger partial charge on any atom is 0.258 e. The number of anilines is 1. The van der Waals surface area contributed by atoms with Gasteiger partial charge in [0.05, 0.1) is 16.8 Å². The maximum atomic E-state index is 13.4. The molecule has 0 saturated heterocycles. The highest BCUT2D eigenvalue weighted by Gasteiger charge is 2.14. The van der Waals surface area contributed by atoms with Gasteiger partial charge in [-0.3, -0.25) is 15.1 Å². The molecule has 4 nitrogen and oxygen atoms in total. The molecular weight excluding hydrogens is 356 g/mol. The summed E-state index contributed by atoms with van der Waals surface area (Å²) in [5.41, 5.74) is 2.11. The van der Waals surface area contributed by atoms with Crippen LogP contribution in [0.25, 0.3) is 22.2 Å². The van der Waals surface area contributed by atoms with Gasteiger partial charge in [0, 0.05) is 22.5 Å². The number of para-hydroxylation sites is 1. The van der Waals surface area contributed by atoms with Gasteiger partial charge in [0.2, 0.25) is 0 Å². The zero-order valence-corrected chi connectivity index (χ0v) is 14.1. The summed E-state index contributed by atoms with van der Waals surface area (Å²) >= 11 is 1.21. The lowest BCUT2D eigenvalue weighted by Gasteiger charge is -2.05. The maximum absolute atomic E-state index is 13.4. The molecule has 4 aromatic rings. The third-order valence-corrected chi connectivity index (χ3v) is 4.59. The van der Waals surface area contributed by atoms with Crippen molar-refractivity contribution in [3.05, 3.63) is 77.3 Å². The first-order chi connectivity index (χ1) is 12.6. The van der Waals surface area contributed by atoms with Crippen LogP contribution >= 0.6 is 11.3 Å². The molecule has 0 fully saturated rings. The fourth-order valence-electron chi connectivity index (χ4n) is 2.58. The summed E-state index contributed by atoms with van der Waals surface area (Å²) < 4.78 is 26.4. The van der Waals surface area contributed by atoms with Crippen molar-refractivity contribution in [3.63, 3.8) is 0 Å². The van der Waals surface area contributed by atoms with Crippen LogP contribution in [0.4, 0.5) is 13.9 Å². The van der Waals surface area contributed by atoms with Crippen molar-refractivity contribution in [1.29, 1.82) is 0 Å². The largest absolute Gasteiger partial charge is 0.298 e. The van der Waals surface area contributed by atoms with Crippen LogP contribution in [0.3, 0.4) is 0 Å². The van der Waals surface area contributed by atoms with Gasteiger partial charge in [-0.2, -0.15) is 0 Å². The average Bonchev–Trinajstić information content (AvgIpc) is 3.12. The zero-order valence-electron chi connectivity index (χ0n) is 13.2. The van der Waals surface area contributed by atoms with Crippen LogP contribution in [0.1, 0.15) is 10.4 Å². The molecule has 4 rings (SSSR count). The summed E-state index contributed by atoms with van der Waals surface area (Å²) in [6.45, 7) is 0. The van der Waals surface area contributed by atoms with Crippen LogP contribution < -0.4 is 5.32 Å². The molecule has 128 valence electrons. The molecule has 2 aromatic carbocycles. The molecule has 0 unspecified atom stereocenters. The Hall–Kier alpha value is -3.19. The first-order valence-corrected chi connectivity index (χ1v) is 8.56. The topological polar surface area (TPSA) is 54.9 Å². The number of pyridine rings is 1. The van der Waals surface area contributed by atoms with Crippen molar-refractivity contribution in [3.8, 4) is 11.3 Å². The van der Waals surface area contributed by atoms with Crippen LogP contribution in [-0.2, 0) is 0 Å². The van der Waals surface area contributed by atoms with E-state index in [1.807, 2.05) is 24.3 Å². The molecule has 0 spiro atoms. The van der Waals surface area contributed by atoms with Crippen molar-refractivity contribution >= 4 is 33.3 Å². The number of thiazole rings is 1. The number of rotatable bonds is 3. The standard InChI is InChI=1S/C19H11F2N3OS/c20-14-6-5-11(9-15(14)21)17-10-26-19(23-17)24-18(25)13-7-8-22-16-4-2-1-3-12(13)16/h1-10H,(H,23,24,25). The predicted octanol–water partition coefficient (Wildman–Crippen LogP) is 4.89. The highest BCUT2D eigenvalue weighted by atomic mass is 32.1. The fourth-order valence-corrected chi connectivity index (χ4v) is 3.29. The van der Waals surface area contributed by atoms with E-state index in [9.17, 15) is 13.6 Å². The lowest BCUT2D eigenvalue weighted by Crippen LogP contribution is -2.12. The Labute approximate surface area is 151 Å². The lowest BCUT2D eigenvalue weighted by molar-refractivity contribution is 0.102. The second-order valence-electron chi connectivity index (χ2n) is 5.50. The minimum absolute atomic E-state index is 0.310. The SMILES string of the molecule is O=C(Nc1nc(-c2ccc(F)c(F)c2)cs1)c1ccnc2ccccc12. The molecule has 2 heterocycles. The quantitative estimate of drug-likeness (QED) is 0.561. The van der Waals surface area contributed by atoms with E-state index < -0.39 is 11.6 Å². The van der Waals surface area contributed by atoms with Gasteiger partial charge >= 0.3 is 0 Å². The Morgan fingerprint density at radius 3 is 2.73 bits per heavy atom. The molecule has 0 atom stereocenters. The van der Waals surface area contributed by atoms with E-state index in [4.69, 9.17) is 0 Å². The number of amides is 1. The highest BCUT2D eigenvalue weighted by molar-refractivity contribution is 7.14. The summed E-state index contributed by atoms with van der Waals surface area (Å²) in [5.74, 6) is -2.17. The van der Waals surface area contributed by atoms with Gasteiger partial charge in [0.25, 0.3) is 5.91 Å². The van der Waals surface area contributed by atoms with Gasteiger partial charge in [-0.05, 0) is 30.3 Å². The van der Waals surface area contributed by atoms with Crippen LogP contribution in [0.15, 0.2) is 60.1 Å². The molecule has 0 radical (unpaired) electrons. The van der Waals surface area contributed by atoms with Crippen molar-refractivity contribution in [2.24, 2.45) is 0 Å². The summed E-state index contributed by atoms with van der Waals surface area (Å²) in [7, 11) is 0. The van der Waals surface area contributed by atoms with E-state index in [0.29, 0.717) is 22.0 Å². The normalized spacial score (nSPS) is 10.8. The van der Waals surface area contributed by atoms with Gasteiger partial charge in [-0.15, -0.1) is 11.3 Å². The number of halogens is 2. The molecule has 2 aromatic heterocycles. The van der Waals surface area contributed by atoms with Gasteiger partial charge in [0.15, 0.2) is 16.8 Å².